The van der Waals surface area contributed by atoms with E-state index in [9.17, 15) is 4.79 Å². The predicted molar refractivity (Wildman–Crippen MR) is 74.8 cm³/mol. The minimum absolute atomic E-state index is 0.343. The van der Waals surface area contributed by atoms with Crippen molar-refractivity contribution in [2.45, 2.75) is 71.1 Å². The van der Waals surface area contributed by atoms with E-state index in [0.29, 0.717) is 6.42 Å². The van der Waals surface area contributed by atoms with Gasteiger partial charge in [0.1, 0.15) is 0 Å². The van der Waals surface area contributed by atoms with Crippen LogP contribution in [0.2, 0.25) is 0 Å². The van der Waals surface area contributed by atoms with Crippen molar-refractivity contribution >= 4 is 17.9 Å². The minimum atomic E-state index is -1.82. The van der Waals surface area contributed by atoms with E-state index >= 15 is 0 Å². The predicted octanol–water partition coefficient (Wildman–Crippen LogP) is 3.15. The van der Waals surface area contributed by atoms with Crippen LogP contribution in [0, 0.1) is 0 Å². The van der Waals surface area contributed by atoms with Crippen LogP contribution in [-0.4, -0.2) is 33.2 Å². The molecule has 0 aliphatic heterocycles. The first-order valence-electron chi connectivity index (χ1n) is 7.09. The van der Waals surface area contributed by atoms with Crippen LogP contribution in [0.4, 0.5) is 0 Å². The van der Waals surface area contributed by atoms with Crippen LogP contribution in [0.5, 0.6) is 0 Å². The summed E-state index contributed by atoms with van der Waals surface area (Å²) in [6.45, 7) is 2.23. The molecule has 0 radical (unpaired) electrons. The third-order valence-electron chi connectivity index (χ3n) is 2.68. The number of hydrogen-bond acceptors (Lipinski definition) is 3. The molecular formula is C14H26O6. The number of carbonyl (C=O) groups is 3. The van der Waals surface area contributed by atoms with Crippen molar-refractivity contribution < 1.29 is 29.7 Å². The van der Waals surface area contributed by atoms with Crippen LogP contribution in [0.1, 0.15) is 71.1 Å². The van der Waals surface area contributed by atoms with Crippen molar-refractivity contribution in [1.82, 2.24) is 0 Å². The molecule has 6 nitrogen and oxygen atoms in total. The Morgan fingerprint density at radius 3 is 1.30 bits per heavy atom. The van der Waals surface area contributed by atoms with Gasteiger partial charge in [0.05, 0.1) is 0 Å². The van der Waals surface area contributed by atoms with Crippen molar-refractivity contribution in [3.63, 3.8) is 0 Å². The summed E-state index contributed by atoms with van der Waals surface area (Å²) in [6, 6.07) is 0. The minimum Gasteiger partial charge on any atom is -0.481 e. The first kappa shape index (κ1) is 20.7. The van der Waals surface area contributed by atoms with Crippen molar-refractivity contribution in [3.05, 3.63) is 0 Å². The van der Waals surface area contributed by atoms with Crippen LogP contribution in [0.25, 0.3) is 0 Å². The number of rotatable bonds is 10. The SMILES string of the molecule is CCCCCCCCCCCC(=O)O.O=C(O)C(=O)O. The fourth-order valence-electron chi connectivity index (χ4n) is 1.59. The van der Waals surface area contributed by atoms with Crippen molar-refractivity contribution in [2.24, 2.45) is 0 Å². The second-order valence-electron chi connectivity index (χ2n) is 4.58. The fraction of sp³-hybridized carbons (Fsp3) is 0.786. The maximum absolute atomic E-state index is 10.2. The van der Waals surface area contributed by atoms with Crippen molar-refractivity contribution in [2.75, 3.05) is 0 Å². The van der Waals surface area contributed by atoms with Crippen molar-refractivity contribution in [1.29, 1.82) is 0 Å². The van der Waals surface area contributed by atoms with E-state index < -0.39 is 17.9 Å². The summed E-state index contributed by atoms with van der Waals surface area (Å²) in [5.74, 6) is -4.31. The molecule has 0 bridgehead atoms. The number of hydrogen-bond donors (Lipinski definition) is 3. The zero-order valence-electron chi connectivity index (χ0n) is 12.1. The quantitative estimate of drug-likeness (QED) is 0.421. The Morgan fingerprint density at radius 1 is 0.650 bits per heavy atom. The summed E-state index contributed by atoms with van der Waals surface area (Å²) >= 11 is 0. The Balaban J connectivity index is 0. The Kier molecular flexibility index (Phi) is 16.0. The summed E-state index contributed by atoms with van der Waals surface area (Å²) < 4.78 is 0. The molecule has 20 heavy (non-hydrogen) atoms. The van der Waals surface area contributed by atoms with E-state index in [-0.39, 0.29) is 0 Å². The molecule has 0 heterocycles. The molecule has 0 atom stereocenters. The zero-order valence-corrected chi connectivity index (χ0v) is 12.1. The second kappa shape index (κ2) is 15.5. The lowest BCUT2D eigenvalue weighted by Gasteiger charge is -2.00. The van der Waals surface area contributed by atoms with Gasteiger partial charge in [-0.1, -0.05) is 58.3 Å². The number of carboxylic acid groups (broad SMARTS) is 3. The van der Waals surface area contributed by atoms with Gasteiger partial charge in [-0.25, -0.2) is 9.59 Å². The van der Waals surface area contributed by atoms with Gasteiger partial charge in [-0.3, -0.25) is 4.79 Å². The molecule has 0 aliphatic rings. The topological polar surface area (TPSA) is 112 Å². The highest BCUT2D eigenvalue weighted by Crippen LogP contribution is 2.10. The molecule has 0 saturated heterocycles. The number of carboxylic acids is 3. The largest absolute Gasteiger partial charge is 0.481 e. The first-order chi connectivity index (χ1) is 9.41. The summed E-state index contributed by atoms with van der Waals surface area (Å²) in [4.78, 5) is 28.4. The van der Waals surface area contributed by atoms with Gasteiger partial charge in [0.2, 0.25) is 0 Å². The van der Waals surface area contributed by atoms with Gasteiger partial charge in [-0.05, 0) is 6.42 Å². The van der Waals surface area contributed by atoms with E-state index in [1.54, 1.807) is 0 Å². The van der Waals surface area contributed by atoms with Gasteiger partial charge in [0.25, 0.3) is 0 Å². The highest BCUT2D eigenvalue weighted by molar-refractivity contribution is 6.27. The van der Waals surface area contributed by atoms with Gasteiger partial charge >= 0.3 is 17.9 Å². The van der Waals surface area contributed by atoms with Gasteiger partial charge in [0, 0.05) is 6.42 Å². The standard InChI is InChI=1S/C12H24O2.C2H2O4/c1-2-3-4-5-6-7-8-9-10-11-12(13)14;3-1(4)2(5)6/h2-11H2,1H3,(H,13,14);(H,3,4)(H,5,6). The Morgan fingerprint density at radius 2 is 1.00 bits per heavy atom. The van der Waals surface area contributed by atoms with E-state index in [2.05, 4.69) is 6.92 Å². The normalized spacial score (nSPS) is 9.45. The van der Waals surface area contributed by atoms with E-state index in [0.717, 1.165) is 12.8 Å². The number of aliphatic carboxylic acids is 3. The molecule has 118 valence electrons. The summed E-state index contributed by atoms with van der Waals surface area (Å²) in [6.07, 6.45) is 11.5. The molecule has 0 rings (SSSR count). The zero-order chi connectivity index (χ0) is 15.8. The lowest BCUT2D eigenvalue weighted by molar-refractivity contribution is -0.159. The molecule has 0 saturated carbocycles. The number of unbranched alkanes of at least 4 members (excludes halogenated alkanes) is 8. The molecule has 0 amide bonds. The molecule has 0 unspecified atom stereocenters. The third kappa shape index (κ3) is 21.7. The molecule has 0 spiro atoms. The van der Waals surface area contributed by atoms with Gasteiger partial charge in [-0.15, -0.1) is 0 Å². The first-order valence-corrected chi connectivity index (χ1v) is 7.09. The molecule has 3 N–H and O–H groups in total. The molecule has 0 aromatic heterocycles. The molecule has 0 fully saturated rings. The fourth-order valence-corrected chi connectivity index (χ4v) is 1.59. The Bertz CT molecular complexity index is 263. The summed E-state index contributed by atoms with van der Waals surface area (Å²) in [5.41, 5.74) is 0. The van der Waals surface area contributed by atoms with Crippen LogP contribution in [0.15, 0.2) is 0 Å². The second-order valence-corrected chi connectivity index (χ2v) is 4.58. The van der Waals surface area contributed by atoms with Gasteiger partial charge in [0.15, 0.2) is 0 Å². The highest BCUT2D eigenvalue weighted by atomic mass is 16.4. The smallest absolute Gasteiger partial charge is 0.414 e. The van der Waals surface area contributed by atoms with E-state index in [1.165, 1.54) is 44.9 Å². The highest BCUT2D eigenvalue weighted by Gasteiger charge is 2.04. The van der Waals surface area contributed by atoms with E-state index in [1.807, 2.05) is 0 Å². The monoisotopic (exact) mass is 290 g/mol. The average Bonchev–Trinajstić information content (AvgIpc) is 2.37. The third-order valence-corrected chi connectivity index (χ3v) is 2.68. The molecular weight excluding hydrogens is 264 g/mol. The van der Waals surface area contributed by atoms with Crippen LogP contribution in [0.3, 0.4) is 0 Å². The summed E-state index contributed by atoms with van der Waals surface area (Å²) in [5, 5.41) is 23.2. The summed E-state index contributed by atoms with van der Waals surface area (Å²) in [7, 11) is 0. The van der Waals surface area contributed by atoms with Crippen LogP contribution < -0.4 is 0 Å². The van der Waals surface area contributed by atoms with E-state index in [4.69, 9.17) is 24.9 Å². The Labute approximate surface area is 119 Å². The van der Waals surface area contributed by atoms with Crippen LogP contribution >= 0.6 is 0 Å². The molecule has 0 aromatic carbocycles. The lowest BCUT2D eigenvalue weighted by atomic mass is 10.1. The average molecular weight is 290 g/mol. The maximum atomic E-state index is 10.2. The molecule has 0 aliphatic carbocycles. The Hall–Kier alpha value is -1.59. The van der Waals surface area contributed by atoms with Crippen LogP contribution in [-0.2, 0) is 14.4 Å². The van der Waals surface area contributed by atoms with Gasteiger partial charge in [-0.2, -0.15) is 0 Å². The maximum Gasteiger partial charge on any atom is 0.414 e. The molecule has 0 aromatic rings. The lowest BCUT2D eigenvalue weighted by Crippen LogP contribution is -2.09. The molecule has 6 heteroatoms. The van der Waals surface area contributed by atoms with Crippen molar-refractivity contribution in [3.8, 4) is 0 Å². The van der Waals surface area contributed by atoms with Gasteiger partial charge < -0.3 is 15.3 Å².